The van der Waals surface area contributed by atoms with Gasteiger partial charge in [-0.1, -0.05) is 13.3 Å². The van der Waals surface area contributed by atoms with Crippen molar-refractivity contribution >= 4 is 5.91 Å². The molecule has 5 nitrogen and oxygen atoms in total. The first kappa shape index (κ1) is 12.4. The summed E-state index contributed by atoms with van der Waals surface area (Å²) in [7, 11) is 0. The number of carbonyl (C=O) groups excluding carboxylic acids is 1. The van der Waals surface area contributed by atoms with Crippen LogP contribution >= 0.6 is 0 Å². The van der Waals surface area contributed by atoms with Crippen LogP contribution in [0.1, 0.15) is 26.2 Å². The van der Waals surface area contributed by atoms with E-state index >= 15 is 0 Å². The van der Waals surface area contributed by atoms with E-state index in [0.717, 1.165) is 45.4 Å². The summed E-state index contributed by atoms with van der Waals surface area (Å²) in [5.41, 5.74) is 2.27. The molecular formula is C10H22N4O. The first-order valence-corrected chi connectivity index (χ1v) is 5.74. The van der Waals surface area contributed by atoms with Gasteiger partial charge >= 0.3 is 0 Å². The SMILES string of the molecule is CCCC(C(=O)NN)N1CCCNCC1. The van der Waals surface area contributed by atoms with Crippen molar-refractivity contribution in [1.29, 1.82) is 0 Å². The van der Waals surface area contributed by atoms with Crippen molar-refractivity contribution in [3.8, 4) is 0 Å². The molecule has 1 saturated heterocycles. The van der Waals surface area contributed by atoms with Gasteiger partial charge in [0.1, 0.15) is 0 Å². The van der Waals surface area contributed by atoms with E-state index in [1.54, 1.807) is 0 Å². The van der Waals surface area contributed by atoms with E-state index in [4.69, 9.17) is 5.84 Å². The van der Waals surface area contributed by atoms with Crippen molar-refractivity contribution in [1.82, 2.24) is 15.6 Å². The Labute approximate surface area is 91.3 Å². The molecule has 1 heterocycles. The monoisotopic (exact) mass is 214 g/mol. The second-order valence-corrected chi connectivity index (χ2v) is 3.95. The molecule has 0 aromatic carbocycles. The average Bonchev–Trinajstić information content (AvgIpc) is 2.53. The summed E-state index contributed by atoms with van der Waals surface area (Å²) in [4.78, 5) is 13.8. The molecule has 0 radical (unpaired) electrons. The van der Waals surface area contributed by atoms with Gasteiger partial charge in [0.2, 0.25) is 0 Å². The number of nitrogens with zero attached hydrogens (tertiary/aromatic N) is 1. The number of carbonyl (C=O) groups is 1. The fourth-order valence-electron chi connectivity index (χ4n) is 2.03. The van der Waals surface area contributed by atoms with Gasteiger partial charge in [-0.15, -0.1) is 0 Å². The lowest BCUT2D eigenvalue weighted by atomic mass is 10.1. The predicted molar refractivity (Wildman–Crippen MR) is 60.1 cm³/mol. The molecule has 5 heteroatoms. The van der Waals surface area contributed by atoms with Gasteiger partial charge in [0, 0.05) is 19.6 Å². The number of hydrogen-bond acceptors (Lipinski definition) is 4. The second-order valence-electron chi connectivity index (χ2n) is 3.95. The Morgan fingerprint density at radius 3 is 3.00 bits per heavy atom. The van der Waals surface area contributed by atoms with Crippen LogP contribution in [0.5, 0.6) is 0 Å². The fourth-order valence-corrected chi connectivity index (χ4v) is 2.03. The number of rotatable bonds is 4. The summed E-state index contributed by atoms with van der Waals surface area (Å²) >= 11 is 0. The summed E-state index contributed by atoms with van der Waals surface area (Å²) in [5, 5.41) is 3.33. The lowest BCUT2D eigenvalue weighted by Gasteiger charge is -2.28. The van der Waals surface area contributed by atoms with E-state index in [1.807, 2.05) is 0 Å². The van der Waals surface area contributed by atoms with Crippen LogP contribution in [-0.2, 0) is 4.79 Å². The summed E-state index contributed by atoms with van der Waals surface area (Å²) in [6, 6.07) is -0.0556. The van der Waals surface area contributed by atoms with Crippen molar-refractivity contribution < 1.29 is 4.79 Å². The van der Waals surface area contributed by atoms with Crippen LogP contribution in [0, 0.1) is 0 Å². The van der Waals surface area contributed by atoms with Gasteiger partial charge in [0.25, 0.3) is 5.91 Å². The largest absolute Gasteiger partial charge is 0.315 e. The molecule has 0 spiro atoms. The maximum Gasteiger partial charge on any atom is 0.251 e. The number of hydrogen-bond donors (Lipinski definition) is 3. The molecule has 1 fully saturated rings. The van der Waals surface area contributed by atoms with Crippen LogP contribution < -0.4 is 16.6 Å². The van der Waals surface area contributed by atoms with Crippen LogP contribution in [0.2, 0.25) is 0 Å². The molecule has 88 valence electrons. The zero-order chi connectivity index (χ0) is 11.1. The normalized spacial score (nSPS) is 20.7. The zero-order valence-electron chi connectivity index (χ0n) is 9.46. The van der Waals surface area contributed by atoms with Gasteiger partial charge in [-0.05, 0) is 19.4 Å². The molecule has 0 aromatic heterocycles. The predicted octanol–water partition coefficient (Wildman–Crippen LogP) is -0.560. The lowest BCUT2D eigenvalue weighted by Crippen LogP contribution is -2.50. The highest BCUT2D eigenvalue weighted by atomic mass is 16.2. The Kier molecular flexibility index (Phi) is 5.60. The van der Waals surface area contributed by atoms with Crippen molar-refractivity contribution in [3.05, 3.63) is 0 Å². The van der Waals surface area contributed by atoms with Crippen molar-refractivity contribution in [3.63, 3.8) is 0 Å². The molecule has 0 saturated carbocycles. The standard InChI is InChI=1S/C10H22N4O/c1-2-4-9(10(15)13-11)14-7-3-5-12-6-8-14/h9,12H,2-8,11H2,1H3,(H,13,15). The lowest BCUT2D eigenvalue weighted by molar-refractivity contribution is -0.126. The van der Waals surface area contributed by atoms with Crippen LogP contribution in [0.25, 0.3) is 0 Å². The summed E-state index contributed by atoms with van der Waals surface area (Å²) in [6.07, 6.45) is 2.98. The van der Waals surface area contributed by atoms with Crippen LogP contribution in [0.15, 0.2) is 0 Å². The van der Waals surface area contributed by atoms with E-state index in [2.05, 4.69) is 22.6 Å². The second kappa shape index (κ2) is 6.76. The molecule has 1 rings (SSSR count). The molecule has 1 amide bonds. The molecule has 4 N–H and O–H groups in total. The first-order chi connectivity index (χ1) is 7.29. The van der Waals surface area contributed by atoms with E-state index < -0.39 is 0 Å². The van der Waals surface area contributed by atoms with Crippen molar-refractivity contribution in [2.75, 3.05) is 26.2 Å². The van der Waals surface area contributed by atoms with Crippen LogP contribution in [-0.4, -0.2) is 43.0 Å². The Bertz CT molecular complexity index is 190. The minimum absolute atomic E-state index is 0.0556. The number of nitrogens with one attached hydrogen (secondary N) is 2. The Morgan fingerprint density at radius 2 is 2.33 bits per heavy atom. The maximum atomic E-state index is 11.6. The minimum atomic E-state index is -0.0567. The van der Waals surface area contributed by atoms with E-state index in [0.29, 0.717) is 0 Å². The van der Waals surface area contributed by atoms with Crippen molar-refractivity contribution in [2.24, 2.45) is 5.84 Å². The Hall–Kier alpha value is -0.650. The molecule has 1 aliphatic heterocycles. The van der Waals surface area contributed by atoms with Gasteiger partial charge < -0.3 is 5.32 Å². The number of nitrogens with two attached hydrogens (primary N) is 1. The molecule has 1 atom stereocenters. The molecule has 0 aliphatic carbocycles. The Morgan fingerprint density at radius 1 is 1.53 bits per heavy atom. The highest BCUT2D eigenvalue weighted by Crippen LogP contribution is 2.09. The van der Waals surface area contributed by atoms with Gasteiger partial charge in [0.05, 0.1) is 6.04 Å². The zero-order valence-corrected chi connectivity index (χ0v) is 9.46. The molecular weight excluding hydrogens is 192 g/mol. The first-order valence-electron chi connectivity index (χ1n) is 5.74. The smallest absolute Gasteiger partial charge is 0.251 e. The third-order valence-corrected chi connectivity index (χ3v) is 2.82. The summed E-state index contributed by atoms with van der Waals surface area (Å²) in [6.45, 7) is 5.99. The van der Waals surface area contributed by atoms with Crippen LogP contribution in [0.3, 0.4) is 0 Å². The number of amides is 1. The van der Waals surface area contributed by atoms with Gasteiger partial charge in [-0.2, -0.15) is 0 Å². The molecule has 1 unspecified atom stereocenters. The Balaban J connectivity index is 2.55. The highest BCUT2D eigenvalue weighted by molar-refractivity contribution is 5.81. The fraction of sp³-hybridized carbons (Fsp3) is 0.900. The third-order valence-electron chi connectivity index (χ3n) is 2.82. The summed E-state index contributed by atoms with van der Waals surface area (Å²) in [5.74, 6) is 5.15. The maximum absolute atomic E-state index is 11.6. The van der Waals surface area contributed by atoms with E-state index in [9.17, 15) is 4.79 Å². The van der Waals surface area contributed by atoms with E-state index in [-0.39, 0.29) is 11.9 Å². The van der Waals surface area contributed by atoms with Gasteiger partial charge in [0.15, 0.2) is 0 Å². The molecule has 0 aromatic rings. The van der Waals surface area contributed by atoms with Gasteiger partial charge in [-0.25, -0.2) is 5.84 Å². The minimum Gasteiger partial charge on any atom is -0.315 e. The van der Waals surface area contributed by atoms with Gasteiger partial charge in [-0.3, -0.25) is 15.1 Å². The van der Waals surface area contributed by atoms with E-state index in [1.165, 1.54) is 0 Å². The molecule has 1 aliphatic rings. The topological polar surface area (TPSA) is 70.4 Å². The molecule has 15 heavy (non-hydrogen) atoms. The van der Waals surface area contributed by atoms with Crippen molar-refractivity contribution in [2.45, 2.75) is 32.2 Å². The molecule has 0 bridgehead atoms. The van der Waals surface area contributed by atoms with Crippen LogP contribution in [0.4, 0.5) is 0 Å². The average molecular weight is 214 g/mol. The quantitative estimate of drug-likeness (QED) is 0.333. The highest BCUT2D eigenvalue weighted by Gasteiger charge is 2.24. The third kappa shape index (κ3) is 3.77. The summed E-state index contributed by atoms with van der Waals surface area (Å²) < 4.78 is 0. The number of hydrazine groups is 1.